The molecule has 164 valence electrons. The Morgan fingerprint density at radius 2 is 2.03 bits per heavy atom. The van der Waals surface area contributed by atoms with E-state index in [9.17, 15) is 4.39 Å². The van der Waals surface area contributed by atoms with Gasteiger partial charge in [0.15, 0.2) is 17.3 Å². The van der Waals surface area contributed by atoms with Gasteiger partial charge in [0.2, 0.25) is 5.82 Å². The Morgan fingerprint density at radius 3 is 2.78 bits per heavy atom. The minimum Gasteiger partial charge on any atom is -0.494 e. The van der Waals surface area contributed by atoms with E-state index in [1.54, 1.807) is 10.7 Å². The zero-order valence-corrected chi connectivity index (χ0v) is 17.5. The first-order chi connectivity index (χ1) is 15.7. The van der Waals surface area contributed by atoms with E-state index in [-0.39, 0.29) is 30.2 Å². The van der Waals surface area contributed by atoms with Crippen LogP contribution in [0.2, 0.25) is 0 Å². The number of hydrogen-bond acceptors (Lipinski definition) is 8. The van der Waals surface area contributed by atoms with Gasteiger partial charge in [0.25, 0.3) is 5.89 Å². The van der Waals surface area contributed by atoms with Gasteiger partial charge in [-0.2, -0.15) is 4.98 Å². The third kappa shape index (κ3) is 3.69. The zero-order valence-electron chi connectivity index (χ0n) is 17.5. The van der Waals surface area contributed by atoms with Crippen molar-refractivity contribution < 1.29 is 23.1 Å². The monoisotopic (exact) mass is 437 g/mol. The van der Waals surface area contributed by atoms with Crippen molar-refractivity contribution in [3.05, 3.63) is 59.5 Å². The molecule has 0 aliphatic carbocycles. The lowest BCUT2D eigenvalue weighted by atomic mass is 10.1. The normalized spacial score (nSPS) is 15.4. The van der Waals surface area contributed by atoms with Crippen molar-refractivity contribution in [1.82, 2.24) is 25.1 Å². The maximum absolute atomic E-state index is 14.0. The number of halogens is 1. The topological polar surface area (TPSA) is 97.3 Å². The summed E-state index contributed by atoms with van der Waals surface area (Å²) >= 11 is 0. The lowest BCUT2D eigenvalue weighted by molar-refractivity contribution is -0.00119. The van der Waals surface area contributed by atoms with Gasteiger partial charge >= 0.3 is 0 Å². The second-order valence-corrected chi connectivity index (χ2v) is 7.14. The lowest BCUT2D eigenvalue weighted by Gasteiger charge is -2.24. The molecule has 0 radical (unpaired) electrons. The Labute approximate surface area is 182 Å². The van der Waals surface area contributed by atoms with Crippen LogP contribution in [-0.2, 0) is 17.9 Å². The molecule has 0 spiro atoms. The first kappa shape index (κ1) is 20.1. The maximum Gasteiger partial charge on any atom is 0.280 e. The molecule has 0 amide bonds. The highest BCUT2D eigenvalue weighted by Crippen LogP contribution is 2.32. The van der Waals surface area contributed by atoms with Crippen LogP contribution in [0.15, 0.2) is 47.0 Å². The fourth-order valence-electron chi connectivity index (χ4n) is 3.57. The maximum atomic E-state index is 14.0. The van der Waals surface area contributed by atoms with Crippen molar-refractivity contribution in [1.29, 1.82) is 0 Å². The molecule has 3 heterocycles. The molecule has 9 nitrogen and oxygen atoms in total. The average Bonchev–Trinajstić information content (AvgIpc) is 3.46. The van der Waals surface area contributed by atoms with E-state index < -0.39 is 5.82 Å². The summed E-state index contributed by atoms with van der Waals surface area (Å²) in [4.78, 5) is 4.36. The Bertz CT molecular complexity index is 1240. The second kappa shape index (κ2) is 8.39. The van der Waals surface area contributed by atoms with Crippen LogP contribution in [0.4, 0.5) is 4.39 Å². The van der Waals surface area contributed by atoms with Crippen LogP contribution < -0.4 is 9.47 Å². The van der Waals surface area contributed by atoms with Gasteiger partial charge in [-0.05, 0) is 42.8 Å². The summed E-state index contributed by atoms with van der Waals surface area (Å²) in [5.41, 5.74) is 2.68. The molecule has 1 atom stereocenters. The van der Waals surface area contributed by atoms with Crippen molar-refractivity contribution in [2.45, 2.75) is 26.2 Å². The quantitative estimate of drug-likeness (QED) is 0.449. The molecule has 0 saturated heterocycles. The zero-order chi connectivity index (χ0) is 22.1. The molecule has 0 unspecified atom stereocenters. The molecule has 2 aromatic carbocycles. The molecule has 0 N–H and O–H groups in total. The van der Waals surface area contributed by atoms with Gasteiger partial charge in [-0.1, -0.05) is 22.5 Å². The summed E-state index contributed by atoms with van der Waals surface area (Å²) in [5.74, 6) is 0.891. The van der Waals surface area contributed by atoms with Crippen LogP contribution in [0.3, 0.4) is 0 Å². The van der Waals surface area contributed by atoms with Gasteiger partial charge in [-0.15, -0.1) is 5.10 Å². The van der Waals surface area contributed by atoms with Crippen LogP contribution in [0.5, 0.6) is 11.5 Å². The summed E-state index contributed by atoms with van der Waals surface area (Å²) in [6.07, 6.45) is -0.159. The Balaban J connectivity index is 1.36. The molecule has 0 bridgehead atoms. The Kier molecular flexibility index (Phi) is 5.28. The molecule has 1 aliphatic heterocycles. The molecule has 2 aromatic heterocycles. The first-order valence-corrected chi connectivity index (χ1v) is 10.1. The number of hydrogen-bond donors (Lipinski definition) is 0. The molecule has 1 aliphatic rings. The standard InChI is InChI=1S/C22H20FN5O4/c1-3-30-15-7-4-13(5-8-15)19-11-28-17(12-31-19)20(25-27-28)22-24-21(26-32-22)14-6-9-18(29-2)16(23)10-14/h4-10,19H,3,11-12H2,1-2H3/t19-/m1/s1. The smallest absolute Gasteiger partial charge is 0.280 e. The minimum absolute atomic E-state index is 0.143. The van der Waals surface area contributed by atoms with Crippen LogP contribution in [0.25, 0.3) is 23.0 Å². The number of fused-ring (bicyclic) bond motifs is 1. The Morgan fingerprint density at radius 1 is 1.19 bits per heavy atom. The fraction of sp³-hybridized carbons (Fsp3) is 0.273. The van der Waals surface area contributed by atoms with Gasteiger partial charge in [-0.3, -0.25) is 0 Å². The largest absolute Gasteiger partial charge is 0.494 e. The van der Waals surface area contributed by atoms with Crippen molar-refractivity contribution in [3.63, 3.8) is 0 Å². The number of aromatic nitrogens is 5. The second-order valence-electron chi connectivity index (χ2n) is 7.14. The van der Waals surface area contributed by atoms with Gasteiger partial charge in [0, 0.05) is 5.56 Å². The van der Waals surface area contributed by atoms with Gasteiger partial charge in [-0.25, -0.2) is 9.07 Å². The molecule has 4 aromatic rings. The molecular formula is C22H20FN5O4. The van der Waals surface area contributed by atoms with Crippen LogP contribution in [-0.4, -0.2) is 38.9 Å². The summed E-state index contributed by atoms with van der Waals surface area (Å²) < 4.78 is 37.6. The highest BCUT2D eigenvalue weighted by molar-refractivity contribution is 5.59. The van der Waals surface area contributed by atoms with Crippen molar-refractivity contribution in [3.8, 4) is 34.5 Å². The third-order valence-corrected chi connectivity index (χ3v) is 5.20. The fourth-order valence-corrected chi connectivity index (χ4v) is 3.57. The van der Waals surface area contributed by atoms with Crippen LogP contribution in [0, 0.1) is 5.82 Å². The molecule has 0 saturated carbocycles. The first-order valence-electron chi connectivity index (χ1n) is 10.1. The number of nitrogens with zero attached hydrogens (tertiary/aromatic N) is 5. The summed E-state index contributed by atoms with van der Waals surface area (Å²) in [6, 6.07) is 12.3. The number of rotatable bonds is 6. The van der Waals surface area contributed by atoms with Crippen molar-refractivity contribution in [2.75, 3.05) is 13.7 Å². The van der Waals surface area contributed by atoms with E-state index >= 15 is 0 Å². The number of methoxy groups -OCH3 is 1. The third-order valence-electron chi connectivity index (χ3n) is 5.20. The van der Waals surface area contributed by atoms with Crippen LogP contribution >= 0.6 is 0 Å². The molecule has 10 heteroatoms. The van der Waals surface area contributed by atoms with E-state index in [4.69, 9.17) is 18.7 Å². The summed E-state index contributed by atoms with van der Waals surface area (Å²) in [6.45, 7) is 3.36. The Hall–Kier alpha value is -3.79. The van der Waals surface area contributed by atoms with Gasteiger partial charge in [0.1, 0.15) is 11.9 Å². The van der Waals surface area contributed by atoms with E-state index in [1.807, 2.05) is 31.2 Å². The van der Waals surface area contributed by atoms with Crippen molar-refractivity contribution in [2.24, 2.45) is 0 Å². The predicted molar refractivity (Wildman–Crippen MR) is 110 cm³/mol. The highest BCUT2D eigenvalue weighted by atomic mass is 19.1. The van der Waals surface area contributed by atoms with Crippen LogP contribution in [0.1, 0.15) is 24.3 Å². The predicted octanol–water partition coefficient (Wildman–Crippen LogP) is 3.81. The SMILES string of the molecule is CCOc1ccc([C@H]2Cn3nnc(-c4nc(-c5ccc(OC)c(F)c5)no4)c3CO2)cc1. The summed E-state index contributed by atoms with van der Waals surface area (Å²) in [7, 11) is 1.40. The van der Waals surface area contributed by atoms with E-state index in [1.165, 1.54) is 19.2 Å². The average molecular weight is 437 g/mol. The molecule has 5 rings (SSSR count). The van der Waals surface area contributed by atoms with Gasteiger partial charge < -0.3 is 18.7 Å². The molecule has 0 fully saturated rings. The van der Waals surface area contributed by atoms with Gasteiger partial charge in [0.05, 0.1) is 32.6 Å². The molecule has 32 heavy (non-hydrogen) atoms. The highest BCUT2D eigenvalue weighted by Gasteiger charge is 2.28. The van der Waals surface area contributed by atoms with E-state index in [2.05, 4.69) is 20.5 Å². The lowest BCUT2D eigenvalue weighted by Crippen LogP contribution is -2.22. The minimum atomic E-state index is -0.508. The van der Waals surface area contributed by atoms with Crippen molar-refractivity contribution >= 4 is 0 Å². The number of benzene rings is 2. The molecular weight excluding hydrogens is 417 g/mol. The number of ether oxygens (including phenoxy) is 3. The summed E-state index contributed by atoms with van der Waals surface area (Å²) in [5, 5.41) is 12.4. The van der Waals surface area contributed by atoms with E-state index in [0.717, 1.165) is 17.0 Å². The van der Waals surface area contributed by atoms with E-state index in [0.29, 0.717) is 24.4 Å².